The number of halogens is 4. The van der Waals surface area contributed by atoms with E-state index >= 15 is 0 Å². The summed E-state index contributed by atoms with van der Waals surface area (Å²) in [4.78, 5) is 7.24. The SMILES string of the molecule is Fc1cccc2c1OCC[C@@H]2Nc1nccc(C(F)(F)F)n1. The summed E-state index contributed by atoms with van der Waals surface area (Å²) in [5.74, 6) is -0.552. The first kappa shape index (κ1) is 14.6. The molecule has 0 saturated carbocycles. The highest BCUT2D eigenvalue weighted by atomic mass is 19.4. The smallest absolute Gasteiger partial charge is 0.433 e. The van der Waals surface area contributed by atoms with E-state index in [1.165, 1.54) is 12.1 Å². The molecule has 3 rings (SSSR count). The molecule has 2 aromatic rings. The van der Waals surface area contributed by atoms with Gasteiger partial charge in [0.15, 0.2) is 11.6 Å². The van der Waals surface area contributed by atoms with E-state index in [0.29, 0.717) is 12.0 Å². The molecule has 22 heavy (non-hydrogen) atoms. The maximum Gasteiger partial charge on any atom is 0.433 e. The van der Waals surface area contributed by atoms with Crippen LogP contribution < -0.4 is 10.1 Å². The van der Waals surface area contributed by atoms with Crippen molar-refractivity contribution in [2.24, 2.45) is 0 Å². The second kappa shape index (κ2) is 5.43. The number of benzene rings is 1. The van der Waals surface area contributed by atoms with Crippen LogP contribution in [0.4, 0.5) is 23.5 Å². The van der Waals surface area contributed by atoms with Gasteiger partial charge in [0.25, 0.3) is 0 Å². The molecule has 1 aromatic carbocycles. The van der Waals surface area contributed by atoms with Crippen molar-refractivity contribution >= 4 is 5.95 Å². The molecular formula is C14H11F4N3O. The van der Waals surface area contributed by atoms with Gasteiger partial charge in [0, 0.05) is 18.2 Å². The van der Waals surface area contributed by atoms with Crippen LogP contribution in [0.2, 0.25) is 0 Å². The molecule has 1 aliphatic rings. The van der Waals surface area contributed by atoms with Crippen molar-refractivity contribution in [3.8, 4) is 5.75 Å². The summed E-state index contributed by atoms with van der Waals surface area (Å²) in [6.45, 7) is 0.255. The van der Waals surface area contributed by atoms with Crippen LogP contribution in [-0.2, 0) is 6.18 Å². The van der Waals surface area contributed by atoms with Crippen molar-refractivity contribution in [2.75, 3.05) is 11.9 Å². The summed E-state index contributed by atoms with van der Waals surface area (Å²) in [5.41, 5.74) is -0.496. The molecule has 8 heteroatoms. The molecule has 1 N–H and O–H groups in total. The third-order valence-electron chi connectivity index (χ3n) is 3.28. The van der Waals surface area contributed by atoms with Gasteiger partial charge in [-0.2, -0.15) is 13.2 Å². The van der Waals surface area contributed by atoms with Crippen LogP contribution >= 0.6 is 0 Å². The number of alkyl halides is 3. The van der Waals surface area contributed by atoms with Crippen LogP contribution in [0.25, 0.3) is 0 Å². The molecular weight excluding hydrogens is 302 g/mol. The van der Waals surface area contributed by atoms with E-state index in [2.05, 4.69) is 15.3 Å². The summed E-state index contributed by atoms with van der Waals surface area (Å²) >= 11 is 0. The van der Waals surface area contributed by atoms with Crippen LogP contribution in [0.15, 0.2) is 30.5 Å². The number of para-hydroxylation sites is 1. The summed E-state index contributed by atoms with van der Waals surface area (Å²) in [7, 11) is 0. The Hall–Kier alpha value is -2.38. The number of rotatable bonds is 2. The maximum absolute atomic E-state index is 13.7. The van der Waals surface area contributed by atoms with Crippen molar-refractivity contribution in [3.05, 3.63) is 47.5 Å². The lowest BCUT2D eigenvalue weighted by Gasteiger charge is -2.27. The Morgan fingerprint density at radius 2 is 2.05 bits per heavy atom. The molecule has 1 atom stereocenters. The number of hydrogen-bond donors (Lipinski definition) is 1. The fourth-order valence-corrected chi connectivity index (χ4v) is 2.28. The van der Waals surface area contributed by atoms with Crippen molar-refractivity contribution in [1.82, 2.24) is 9.97 Å². The zero-order valence-corrected chi connectivity index (χ0v) is 11.2. The Morgan fingerprint density at radius 1 is 1.23 bits per heavy atom. The van der Waals surface area contributed by atoms with Crippen LogP contribution in [0, 0.1) is 5.82 Å². The topological polar surface area (TPSA) is 47.0 Å². The molecule has 0 saturated heterocycles. The molecule has 0 amide bonds. The van der Waals surface area contributed by atoms with Crippen molar-refractivity contribution in [2.45, 2.75) is 18.6 Å². The first-order valence-corrected chi connectivity index (χ1v) is 6.53. The second-order valence-electron chi connectivity index (χ2n) is 4.76. The zero-order chi connectivity index (χ0) is 15.7. The lowest BCUT2D eigenvalue weighted by atomic mass is 10.0. The van der Waals surface area contributed by atoms with E-state index < -0.39 is 23.7 Å². The highest BCUT2D eigenvalue weighted by Crippen LogP contribution is 2.36. The van der Waals surface area contributed by atoms with Crippen molar-refractivity contribution < 1.29 is 22.3 Å². The summed E-state index contributed by atoms with van der Waals surface area (Å²) in [6.07, 6.45) is -3.04. The van der Waals surface area contributed by atoms with Crippen LogP contribution in [0.1, 0.15) is 23.7 Å². The normalized spacial score (nSPS) is 17.5. The second-order valence-corrected chi connectivity index (χ2v) is 4.76. The molecule has 0 spiro atoms. The van der Waals surface area contributed by atoms with Gasteiger partial charge in [-0.3, -0.25) is 0 Å². The third-order valence-corrected chi connectivity index (χ3v) is 3.28. The minimum atomic E-state index is -4.54. The molecule has 0 fully saturated rings. The standard InChI is InChI=1S/C14H11F4N3O/c15-9-3-1-2-8-10(5-7-22-12(8)9)20-13-19-6-4-11(21-13)14(16,17)18/h1-4,6,10H,5,7H2,(H,19,20,21)/t10-/m0/s1. The molecule has 1 aromatic heterocycles. The van der Waals surface area contributed by atoms with Gasteiger partial charge < -0.3 is 10.1 Å². The predicted octanol–water partition coefficient (Wildman–Crippen LogP) is 3.57. The minimum absolute atomic E-state index is 0.109. The fraction of sp³-hybridized carbons (Fsp3) is 0.286. The Labute approximate surface area is 123 Å². The monoisotopic (exact) mass is 313 g/mol. The van der Waals surface area contributed by atoms with Crippen LogP contribution in [-0.4, -0.2) is 16.6 Å². The number of ether oxygens (including phenoxy) is 1. The van der Waals surface area contributed by atoms with Crippen molar-refractivity contribution in [3.63, 3.8) is 0 Å². The Kier molecular flexibility index (Phi) is 3.59. The van der Waals surface area contributed by atoms with Gasteiger partial charge in [0.2, 0.25) is 5.95 Å². The fourth-order valence-electron chi connectivity index (χ4n) is 2.28. The zero-order valence-electron chi connectivity index (χ0n) is 11.2. The van der Waals surface area contributed by atoms with Crippen molar-refractivity contribution in [1.29, 1.82) is 0 Å². The number of nitrogens with one attached hydrogen (secondary N) is 1. The van der Waals surface area contributed by atoms with Gasteiger partial charge in [0.05, 0.1) is 12.6 Å². The first-order chi connectivity index (χ1) is 10.4. The molecule has 0 unspecified atom stereocenters. The average molecular weight is 313 g/mol. The Balaban J connectivity index is 1.88. The van der Waals surface area contributed by atoms with E-state index in [0.717, 1.165) is 12.3 Å². The summed E-state index contributed by atoms with van der Waals surface area (Å²) in [5, 5.41) is 2.81. The van der Waals surface area contributed by atoms with Gasteiger partial charge >= 0.3 is 6.18 Å². The predicted molar refractivity (Wildman–Crippen MR) is 69.9 cm³/mol. The molecule has 0 aliphatic carbocycles. The number of hydrogen-bond acceptors (Lipinski definition) is 4. The first-order valence-electron chi connectivity index (χ1n) is 6.53. The van der Waals surface area contributed by atoms with Gasteiger partial charge in [-0.25, -0.2) is 14.4 Å². The van der Waals surface area contributed by atoms with E-state index in [1.807, 2.05) is 0 Å². The number of nitrogens with zero attached hydrogens (tertiary/aromatic N) is 2. The van der Waals surface area contributed by atoms with E-state index in [1.54, 1.807) is 6.07 Å². The molecule has 0 radical (unpaired) electrons. The molecule has 0 bridgehead atoms. The summed E-state index contributed by atoms with van der Waals surface area (Å²) < 4.78 is 56.9. The van der Waals surface area contributed by atoms with Gasteiger partial charge in [-0.1, -0.05) is 12.1 Å². The maximum atomic E-state index is 13.7. The Morgan fingerprint density at radius 3 is 2.82 bits per heavy atom. The van der Waals surface area contributed by atoms with Gasteiger partial charge in [-0.05, 0) is 12.1 Å². The summed E-state index contributed by atoms with van der Waals surface area (Å²) in [6, 6.07) is 4.82. The lowest BCUT2D eigenvalue weighted by molar-refractivity contribution is -0.141. The third kappa shape index (κ3) is 2.81. The van der Waals surface area contributed by atoms with E-state index in [-0.39, 0.29) is 18.3 Å². The molecule has 2 heterocycles. The minimum Gasteiger partial charge on any atom is -0.490 e. The van der Waals surface area contributed by atoms with Gasteiger partial charge in [-0.15, -0.1) is 0 Å². The largest absolute Gasteiger partial charge is 0.490 e. The average Bonchev–Trinajstić information content (AvgIpc) is 2.48. The highest BCUT2D eigenvalue weighted by molar-refractivity contribution is 5.43. The van der Waals surface area contributed by atoms with Crippen LogP contribution in [0.5, 0.6) is 5.75 Å². The van der Waals surface area contributed by atoms with Crippen LogP contribution in [0.3, 0.4) is 0 Å². The number of aromatic nitrogens is 2. The van der Waals surface area contributed by atoms with E-state index in [9.17, 15) is 17.6 Å². The quantitative estimate of drug-likeness (QED) is 0.861. The number of anilines is 1. The van der Waals surface area contributed by atoms with E-state index in [4.69, 9.17) is 4.74 Å². The highest BCUT2D eigenvalue weighted by Gasteiger charge is 2.33. The van der Waals surface area contributed by atoms with Gasteiger partial charge in [0.1, 0.15) is 5.69 Å². The molecule has 4 nitrogen and oxygen atoms in total. The molecule has 1 aliphatic heterocycles. The number of fused-ring (bicyclic) bond motifs is 1. The Bertz CT molecular complexity index is 690. The lowest BCUT2D eigenvalue weighted by Crippen LogP contribution is -2.22. The molecule has 116 valence electrons.